The van der Waals surface area contributed by atoms with Gasteiger partial charge in [0.05, 0.1) is 6.10 Å². The van der Waals surface area contributed by atoms with Crippen molar-refractivity contribution < 1.29 is 5.11 Å². The highest BCUT2D eigenvalue weighted by Crippen LogP contribution is 2.20. The third-order valence-electron chi connectivity index (χ3n) is 2.75. The van der Waals surface area contributed by atoms with Crippen molar-refractivity contribution in [3.63, 3.8) is 0 Å². The van der Waals surface area contributed by atoms with E-state index in [1.807, 2.05) is 6.07 Å². The van der Waals surface area contributed by atoms with E-state index in [-0.39, 0.29) is 6.10 Å². The van der Waals surface area contributed by atoms with Crippen LogP contribution in [0.5, 0.6) is 0 Å². The first-order chi connectivity index (χ1) is 6.77. The summed E-state index contributed by atoms with van der Waals surface area (Å²) >= 11 is 0. The second kappa shape index (κ2) is 3.92. The number of aliphatic hydroxyl groups excluding tert-OH is 1. The molecule has 2 atom stereocenters. The van der Waals surface area contributed by atoms with Gasteiger partial charge in [-0.1, -0.05) is 6.92 Å². The minimum Gasteiger partial charge on any atom is -0.393 e. The van der Waals surface area contributed by atoms with Crippen molar-refractivity contribution >= 4 is 5.82 Å². The summed E-state index contributed by atoms with van der Waals surface area (Å²) in [6.07, 6.45) is 3.97. The van der Waals surface area contributed by atoms with Gasteiger partial charge in [0.1, 0.15) is 12.1 Å². The summed E-state index contributed by atoms with van der Waals surface area (Å²) in [6.45, 7) is 3.82. The highest BCUT2D eigenvalue weighted by atomic mass is 16.3. The molecule has 1 aliphatic heterocycles. The summed E-state index contributed by atoms with van der Waals surface area (Å²) in [6, 6.07) is 1.91. The Morgan fingerprint density at radius 3 is 3.07 bits per heavy atom. The van der Waals surface area contributed by atoms with Crippen molar-refractivity contribution in [3.8, 4) is 0 Å². The van der Waals surface area contributed by atoms with E-state index < -0.39 is 0 Å². The van der Waals surface area contributed by atoms with Crippen molar-refractivity contribution in [1.82, 2.24) is 9.97 Å². The smallest absolute Gasteiger partial charge is 0.131 e. The third-order valence-corrected chi connectivity index (χ3v) is 2.75. The molecule has 0 aliphatic carbocycles. The van der Waals surface area contributed by atoms with Gasteiger partial charge < -0.3 is 10.0 Å². The molecule has 0 aromatic carbocycles. The topological polar surface area (TPSA) is 49.2 Å². The first kappa shape index (κ1) is 9.40. The predicted octanol–water partition coefficient (Wildman–Crippen LogP) is 0.684. The molecule has 1 N–H and O–H groups in total. The molecule has 1 aromatic rings. The molecule has 1 saturated heterocycles. The maximum Gasteiger partial charge on any atom is 0.131 e. The maximum absolute atomic E-state index is 9.58. The van der Waals surface area contributed by atoms with Gasteiger partial charge >= 0.3 is 0 Å². The van der Waals surface area contributed by atoms with Crippen LogP contribution >= 0.6 is 0 Å². The van der Waals surface area contributed by atoms with Crippen LogP contribution < -0.4 is 4.90 Å². The van der Waals surface area contributed by atoms with Crippen molar-refractivity contribution in [2.24, 2.45) is 5.92 Å². The van der Waals surface area contributed by atoms with E-state index >= 15 is 0 Å². The van der Waals surface area contributed by atoms with Gasteiger partial charge in [0, 0.05) is 19.3 Å². The Morgan fingerprint density at radius 1 is 1.57 bits per heavy atom. The van der Waals surface area contributed by atoms with Gasteiger partial charge in [-0.3, -0.25) is 0 Å². The van der Waals surface area contributed by atoms with E-state index in [4.69, 9.17) is 0 Å². The van der Waals surface area contributed by atoms with Crippen molar-refractivity contribution in [1.29, 1.82) is 0 Å². The molecule has 0 bridgehead atoms. The zero-order valence-electron chi connectivity index (χ0n) is 8.30. The molecule has 2 rings (SSSR count). The Hall–Kier alpha value is -1.16. The van der Waals surface area contributed by atoms with Crippen molar-refractivity contribution in [2.45, 2.75) is 19.4 Å². The lowest BCUT2D eigenvalue weighted by atomic mass is 9.97. The Labute approximate surface area is 83.6 Å². The molecule has 0 saturated carbocycles. The first-order valence-electron chi connectivity index (χ1n) is 4.96. The predicted molar refractivity (Wildman–Crippen MR) is 54.0 cm³/mol. The fourth-order valence-corrected chi connectivity index (χ4v) is 1.81. The van der Waals surface area contributed by atoms with E-state index in [0.717, 1.165) is 25.3 Å². The molecular weight excluding hydrogens is 178 g/mol. The zero-order chi connectivity index (χ0) is 9.97. The highest BCUT2D eigenvalue weighted by Gasteiger charge is 2.24. The quantitative estimate of drug-likeness (QED) is 0.712. The highest BCUT2D eigenvalue weighted by molar-refractivity contribution is 5.37. The number of nitrogens with zero attached hydrogens (tertiary/aromatic N) is 3. The second-order valence-corrected chi connectivity index (χ2v) is 3.85. The molecule has 76 valence electrons. The lowest BCUT2D eigenvalue weighted by Crippen LogP contribution is -2.42. The van der Waals surface area contributed by atoms with Gasteiger partial charge in [-0.05, 0) is 18.4 Å². The SMILES string of the molecule is CC1CN(c2ccncn2)CCC1O. The molecule has 2 heterocycles. The van der Waals surface area contributed by atoms with E-state index in [1.165, 1.54) is 0 Å². The number of aliphatic hydroxyl groups is 1. The lowest BCUT2D eigenvalue weighted by Gasteiger charge is -2.34. The molecule has 0 spiro atoms. The average molecular weight is 193 g/mol. The molecule has 0 amide bonds. The molecule has 4 nitrogen and oxygen atoms in total. The van der Waals surface area contributed by atoms with Crippen LogP contribution in [-0.4, -0.2) is 34.3 Å². The summed E-state index contributed by atoms with van der Waals surface area (Å²) < 4.78 is 0. The van der Waals surface area contributed by atoms with Crippen molar-refractivity contribution in [3.05, 3.63) is 18.6 Å². The van der Waals surface area contributed by atoms with Crippen LogP contribution in [0.3, 0.4) is 0 Å². The molecular formula is C10H15N3O. The van der Waals surface area contributed by atoms with Gasteiger partial charge in [0.25, 0.3) is 0 Å². The molecule has 1 fully saturated rings. The minimum absolute atomic E-state index is 0.159. The summed E-state index contributed by atoms with van der Waals surface area (Å²) in [5.74, 6) is 1.28. The Kier molecular flexibility index (Phi) is 2.63. The second-order valence-electron chi connectivity index (χ2n) is 3.85. The average Bonchev–Trinajstić information content (AvgIpc) is 2.23. The van der Waals surface area contributed by atoms with Crippen LogP contribution in [0, 0.1) is 5.92 Å². The van der Waals surface area contributed by atoms with Crippen LogP contribution in [0.15, 0.2) is 18.6 Å². The number of aromatic nitrogens is 2. The molecule has 2 unspecified atom stereocenters. The molecule has 1 aromatic heterocycles. The third kappa shape index (κ3) is 1.85. The Morgan fingerprint density at radius 2 is 2.43 bits per heavy atom. The van der Waals surface area contributed by atoms with E-state index in [9.17, 15) is 5.11 Å². The number of piperidine rings is 1. The summed E-state index contributed by atoms with van der Waals surface area (Å²) in [7, 11) is 0. The van der Waals surface area contributed by atoms with Crippen LogP contribution in [0.25, 0.3) is 0 Å². The van der Waals surface area contributed by atoms with Crippen molar-refractivity contribution in [2.75, 3.05) is 18.0 Å². The summed E-state index contributed by atoms with van der Waals surface area (Å²) in [5.41, 5.74) is 0. The minimum atomic E-state index is -0.159. The lowest BCUT2D eigenvalue weighted by molar-refractivity contribution is 0.0969. The molecule has 1 aliphatic rings. The number of hydrogen-bond acceptors (Lipinski definition) is 4. The van der Waals surface area contributed by atoms with Crippen LogP contribution in [0.1, 0.15) is 13.3 Å². The van der Waals surface area contributed by atoms with E-state index in [2.05, 4.69) is 21.8 Å². The summed E-state index contributed by atoms with van der Waals surface area (Å²) in [4.78, 5) is 10.3. The number of anilines is 1. The van der Waals surface area contributed by atoms with E-state index in [0.29, 0.717) is 5.92 Å². The Bertz CT molecular complexity index is 291. The van der Waals surface area contributed by atoms with Crippen LogP contribution in [0.2, 0.25) is 0 Å². The van der Waals surface area contributed by atoms with Crippen LogP contribution in [0.4, 0.5) is 5.82 Å². The largest absolute Gasteiger partial charge is 0.393 e. The van der Waals surface area contributed by atoms with Gasteiger partial charge in [-0.15, -0.1) is 0 Å². The standard InChI is InChI=1S/C10H15N3O/c1-8-6-13(5-3-9(8)14)10-2-4-11-7-12-10/h2,4,7-9,14H,3,5-6H2,1H3. The fraction of sp³-hybridized carbons (Fsp3) is 0.600. The normalized spacial score (nSPS) is 27.7. The first-order valence-corrected chi connectivity index (χ1v) is 4.96. The molecule has 0 radical (unpaired) electrons. The van der Waals surface area contributed by atoms with Crippen LogP contribution in [-0.2, 0) is 0 Å². The molecule has 14 heavy (non-hydrogen) atoms. The zero-order valence-corrected chi connectivity index (χ0v) is 8.30. The van der Waals surface area contributed by atoms with Gasteiger partial charge in [0.15, 0.2) is 0 Å². The summed E-state index contributed by atoms with van der Waals surface area (Å²) in [5, 5.41) is 9.58. The van der Waals surface area contributed by atoms with Gasteiger partial charge in [0.2, 0.25) is 0 Å². The number of rotatable bonds is 1. The maximum atomic E-state index is 9.58. The Balaban J connectivity index is 2.07. The van der Waals surface area contributed by atoms with Gasteiger partial charge in [-0.25, -0.2) is 9.97 Å². The van der Waals surface area contributed by atoms with E-state index in [1.54, 1.807) is 12.5 Å². The molecule has 4 heteroatoms. The fourth-order valence-electron chi connectivity index (χ4n) is 1.81. The number of hydrogen-bond donors (Lipinski definition) is 1. The van der Waals surface area contributed by atoms with Gasteiger partial charge in [-0.2, -0.15) is 0 Å². The monoisotopic (exact) mass is 193 g/mol.